The summed E-state index contributed by atoms with van der Waals surface area (Å²) in [5.74, 6) is 0.679. The molecule has 0 radical (unpaired) electrons. The quantitative estimate of drug-likeness (QED) is 0.801. The fourth-order valence-corrected chi connectivity index (χ4v) is 1.18. The Kier molecular flexibility index (Phi) is 5.12. The molecule has 0 bridgehead atoms. The minimum Gasteiger partial charge on any atom is -0.491 e. The van der Waals surface area contributed by atoms with E-state index in [0.29, 0.717) is 17.9 Å². The van der Waals surface area contributed by atoms with Gasteiger partial charge in [0.05, 0.1) is 0 Å². The van der Waals surface area contributed by atoms with Crippen molar-refractivity contribution in [3.63, 3.8) is 0 Å². The number of benzene rings is 1. The summed E-state index contributed by atoms with van der Waals surface area (Å²) in [5.41, 5.74) is 7.12. The Morgan fingerprint density at radius 3 is 2.62 bits per heavy atom. The summed E-state index contributed by atoms with van der Waals surface area (Å²) in [6.45, 7) is 3.23. The van der Waals surface area contributed by atoms with Gasteiger partial charge in [-0.05, 0) is 17.7 Å². The summed E-state index contributed by atoms with van der Waals surface area (Å²) < 4.78 is 17.0. The summed E-state index contributed by atoms with van der Waals surface area (Å²) in [5, 5.41) is 0. The van der Waals surface area contributed by atoms with Gasteiger partial charge in [-0.3, -0.25) is 0 Å². The number of nitrogens with two attached hydrogens (primary N) is 1. The van der Waals surface area contributed by atoms with Crippen LogP contribution in [0.25, 0.3) is 6.08 Å². The van der Waals surface area contributed by atoms with E-state index in [2.05, 4.69) is 6.58 Å². The second kappa shape index (κ2) is 6.67. The lowest BCUT2D eigenvalue weighted by atomic mass is 10.2. The van der Waals surface area contributed by atoms with Gasteiger partial charge in [-0.1, -0.05) is 30.9 Å². The summed E-state index contributed by atoms with van der Waals surface area (Å²) in [6.07, 6.45) is 4.57. The van der Waals surface area contributed by atoms with E-state index in [4.69, 9.17) is 10.5 Å². The van der Waals surface area contributed by atoms with E-state index >= 15 is 0 Å². The molecule has 2 N–H and O–H groups in total. The highest BCUT2D eigenvalue weighted by atomic mass is 19.1. The lowest BCUT2D eigenvalue weighted by Crippen LogP contribution is -1.98. The van der Waals surface area contributed by atoms with Crippen molar-refractivity contribution < 1.29 is 9.13 Å². The van der Waals surface area contributed by atoms with Gasteiger partial charge >= 0.3 is 0 Å². The lowest BCUT2D eigenvalue weighted by Gasteiger charge is -2.03. The Morgan fingerprint density at radius 2 is 2.06 bits per heavy atom. The standard InChI is InChI=1S/C13H16FNO/c1-11(15)3-2-4-12-5-7-13(8-6-12)16-10-9-14/h2,4-8H,1,3,9-10,15H2/b4-2+. The van der Waals surface area contributed by atoms with E-state index in [1.807, 2.05) is 36.4 Å². The van der Waals surface area contributed by atoms with Gasteiger partial charge in [-0.25, -0.2) is 4.39 Å². The number of ether oxygens (including phenoxy) is 1. The molecule has 0 heterocycles. The zero-order valence-corrected chi connectivity index (χ0v) is 9.16. The molecule has 0 aliphatic rings. The van der Waals surface area contributed by atoms with Crippen molar-refractivity contribution >= 4 is 6.08 Å². The average Bonchev–Trinajstić information content (AvgIpc) is 2.27. The summed E-state index contributed by atoms with van der Waals surface area (Å²) in [4.78, 5) is 0. The third-order valence-electron chi connectivity index (χ3n) is 1.92. The van der Waals surface area contributed by atoms with Crippen LogP contribution in [0.3, 0.4) is 0 Å². The smallest absolute Gasteiger partial charge is 0.123 e. The van der Waals surface area contributed by atoms with Crippen LogP contribution in [0.1, 0.15) is 12.0 Å². The van der Waals surface area contributed by atoms with Crippen LogP contribution < -0.4 is 10.5 Å². The molecule has 0 unspecified atom stereocenters. The molecule has 0 saturated heterocycles. The molecule has 0 aromatic heterocycles. The molecular formula is C13H16FNO. The predicted octanol–water partition coefficient (Wildman–Crippen LogP) is 2.91. The maximum Gasteiger partial charge on any atom is 0.123 e. The molecule has 0 aliphatic heterocycles. The van der Waals surface area contributed by atoms with Crippen LogP contribution in [0, 0.1) is 0 Å². The highest BCUT2D eigenvalue weighted by Crippen LogP contribution is 2.13. The van der Waals surface area contributed by atoms with Crippen LogP contribution in [-0.4, -0.2) is 13.3 Å². The highest BCUT2D eigenvalue weighted by Gasteiger charge is 1.92. The first-order chi connectivity index (χ1) is 7.72. The Hall–Kier alpha value is -1.77. The van der Waals surface area contributed by atoms with Crippen molar-refractivity contribution in [1.82, 2.24) is 0 Å². The Morgan fingerprint density at radius 1 is 1.38 bits per heavy atom. The molecule has 0 atom stereocenters. The van der Waals surface area contributed by atoms with Crippen molar-refractivity contribution in [2.45, 2.75) is 6.42 Å². The van der Waals surface area contributed by atoms with Gasteiger partial charge in [0.1, 0.15) is 19.0 Å². The number of hydrogen-bond acceptors (Lipinski definition) is 2. The molecular weight excluding hydrogens is 205 g/mol. The Labute approximate surface area is 95.2 Å². The van der Waals surface area contributed by atoms with Crippen molar-refractivity contribution in [3.8, 4) is 5.75 Å². The minimum absolute atomic E-state index is 0.0994. The van der Waals surface area contributed by atoms with Gasteiger partial charge in [0, 0.05) is 12.1 Å². The molecule has 1 aromatic rings. The second-order valence-electron chi connectivity index (χ2n) is 3.37. The van der Waals surface area contributed by atoms with Gasteiger partial charge in [0.15, 0.2) is 0 Å². The molecule has 0 saturated carbocycles. The van der Waals surface area contributed by atoms with E-state index in [1.54, 1.807) is 0 Å². The van der Waals surface area contributed by atoms with Crippen LogP contribution in [-0.2, 0) is 0 Å². The van der Waals surface area contributed by atoms with Gasteiger partial charge in [-0.2, -0.15) is 0 Å². The monoisotopic (exact) mass is 221 g/mol. The molecule has 0 fully saturated rings. The lowest BCUT2D eigenvalue weighted by molar-refractivity contribution is 0.273. The Bertz CT molecular complexity index is 357. The molecule has 1 rings (SSSR count). The number of allylic oxidation sites excluding steroid dienone is 1. The van der Waals surface area contributed by atoms with Crippen LogP contribution in [0.15, 0.2) is 42.6 Å². The molecule has 0 aliphatic carbocycles. The van der Waals surface area contributed by atoms with Crippen molar-refractivity contribution in [2.24, 2.45) is 5.73 Å². The van der Waals surface area contributed by atoms with E-state index in [-0.39, 0.29) is 6.61 Å². The number of rotatable bonds is 6. The number of hydrogen-bond donors (Lipinski definition) is 1. The molecule has 2 nitrogen and oxygen atoms in total. The summed E-state index contributed by atoms with van der Waals surface area (Å²) in [7, 11) is 0. The van der Waals surface area contributed by atoms with Gasteiger partial charge in [0.2, 0.25) is 0 Å². The van der Waals surface area contributed by atoms with Crippen LogP contribution in [0.4, 0.5) is 4.39 Å². The van der Waals surface area contributed by atoms with E-state index in [1.165, 1.54) is 0 Å². The molecule has 0 amide bonds. The largest absolute Gasteiger partial charge is 0.491 e. The Balaban J connectivity index is 2.50. The number of halogens is 1. The van der Waals surface area contributed by atoms with E-state index in [0.717, 1.165) is 5.56 Å². The van der Waals surface area contributed by atoms with Crippen LogP contribution in [0.2, 0.25) is 0 Å². The zero-order valence-electron chi connectivity index (χ0n) is 9.16. The zero-order chi connectivity index (χ0) is 11.8. The summed E-state index contributed by atoms with van der Waals surface area (Å²) >= 11 is 0. The van der Waals surface area contributed by atoms with Gasteiger partial charge in [0.25, 0.3) is 0 Å². The molecule has 86 valence electrons. The van der Waals surface area contributed by atoms with Crippen LogP contribution >= 0.6 is 0 Å². The maximum atomic E-state index is 11.8. The first-order valence-electron chi connectivity index (χ1n) is 5.11. The minimum atomic E-state index is -0.472. The van der Waals surface area contributed by atoms with Gasteiger partial charge < -0.3 is 10.5 Å². The molecule has 16 heavy (non-hydrogen) atoms. The topological polar surface area (TPSA) is 35.2 Å². The van der Waals surface area contributed by atoms with E-state index in [9.17, 15) is 4.39 Å². The van der Waals surface area contributed by atoms with Gasteiger partial charge in [-0.15, -0.1) is 0 Å². The number of alkyl halides is 1. The second-order valence-corrected chi connectivity index (χ2v) is 3.37. The maximum absolute atomic E-state index is 11.8. The van der Waals surface area contributed by atoms with Crippen molar-refractivity contribution in [3.05, 3.63) is 48.2 Å². The molecule has 0 spiro atoms. The third kappa shape index (κ3) is 4.64. The SMILES string of the molecule is C=C(N)C/C=C/c1ccc(OCCF)cc1. The van der Waals surface area contributed by atoms with Crippen molar-refractivity contribution in [2.75, 3.05) is 13.3 Å². The molecule has 3 heteroatoms. The fraction of sp³-hybridized carbons (Fsp3) is 0.231. The normalized spacial score (nSPS) is 10.6. The third-order valence-corrected chi connectivity index (χ3v) is 1.92. The molecule has 1 aromatic carbocycles. The van der Waals surface area contributed by atoms with Crippen molar-refractivity contribution in [1.29, 1.82) is 0 Å². The van der Waals surface area contributed by atoms with E-state index < -0.39 is 6.67 Å². The average molecular weight is 221 g/mol. The first kappa shape index (κ1) is 12.3. The fourth-order valence-electron chi connectivity index (χ4n) is 1.18. The highest BCUT2D eigenvalue weighted by molar-refractivity contribution is 5.50. The van der Waals surface area contributed by atoms with Crippen LogP contribution in [0.5, 0.6) is 5.75 Å². The first-order valence-corrected chi connectivity index (χ1v) is 5.11. The predicted molar refractivity (Wildman–Crippen MR) is 64.9 cm³/mol. The summed E-state index contributed by atoms with van der Waals surface area (Å²) in [6, 6.07) is 7.44.